The van der Waals surface area contributed by atoms with Crippen molar-refractivity contribution in [2.75, 3.05) is 25.0 Å². The van der Waals surface area contributed by atoms with E-state index < -0.39 is 10.0 Å². The number of hydrogen-bond donors (Lipinski definition) is 2. The van der Waals surface area contributed by atoms with Crippen LogP contribution in [0, 0.1) is 6.92 Å². The van der Waals surface area contributed by atoms with Crippen LogP contribution in [0.5, 0.6) is 0 Å². The third kappa shape index (κ3) is 4.52. The quantitative estimate of drug-likeness (QED) is 0.795. The minimum absolute atomic E-state index is 0.0586. The van der Waals surface area contributed by atoms with Crippen LogP contribution in [0.1, 0.15) is 25.8 Å². The zero-order chi connectivity index (χ0) is 16.0. The predicted molar refractivity (Wildman–Crippen MR) is 81.6 cm³/mol. The molecular formula is C14H22N2O4S. The zero-order valence-electron chi connectivity index (χ0n) is 12.6. The van der Waals surface area contributed by atoms with E-state index in [0.29, 0.717) is 24.2 Å². The number of aliphatic hydroxyl groups excluding tert-OH is 1. The third-order valence-electron chi connectivity index (χ3n) is 3.04. The van der Waals surface area contributed by atoms with Crippen LogP contribution in [0.3, 0.4) is 0 Å². The fourth-order valence-corrected chi connectivity index (χ4v) is 3.73. The number of carbonyl (C=O) groups excluding carboxylic acids is 1. The van der Waals surface area contributed by atoms with Crippen molar-refractivity contribution in [3.8, 4) is 0 Å². The van der Waals surface area contributed by atoms with Crippen molar-refractivity contribution in [3.05, 3.63) is 23.8 Å². The smallest absolute Gasteiger partial charge is 0.243 e. The van der Waals surface area contributed by atoms with Gasteiger partial charge in [-0.05, 0) is 31.0 Å². The normalized spacial score (nSPS) is 11.7. The third-order valence-corrected chi connectivity index (χ3v) is 5.16. The van der Waals surface area contributed by atoms with Crippen molar-refractivity contribution in [2.45, 2.75) is 32.1 Å². The monoisotopic (exact) mass is 314 g/mol. The predicted octanol–water partition coefficient (Wildman–Crippen LogP) is 1.35. The number of nitrogens with zero attached hydrogens (tertiary/aromatic N) is 1. The summed E-state index contributed by atoms with van der Waals surface area (Å²) in [7, 11) is -3.64. The number of rotatable bonds is 7. The Morgan fingerprint density at radius 3 is 2.57 bits per heavy atom. The molecule has 0 bridgehead atoms. The highest BCUT2D eigenvalue weighted by molar-refractivity contribution is 7.89. The summed E-state index contributed by atoms with van der Waals surface area (Å²) >= 11 is 0. The molecule has 0 saturated heterocycles. The Balaban J connectivity index is 3.19. The molecule has 0 heterocycles. The van der Waals surface area contributed by atoms with Crippen LogP contribution in [0.2, 0.25) is 0 Å². The van der Waals surface area contributed by atoms with Crippen LogP contribution in [0.4, 0.5) is 5.69 Å². The van der Waals surface area contributed by atoms with Crippen LogP contribution < -0.4 is 5.32 Å². The Bertz CT molecular complexity index is 599. The molecule has 0 saturated carbocycles. The van der Waals surface area contributed by atoms with Crippen molar-refractivity contribution in [2.24, 2.45) is 0 Å². The SMILES string of the molecule is CCN(CCCO)S(=O)(=O)c1cc(NC(C)=O)ccc1C. The maximum absolute atomic E-state index is 12.7. The van der Waals surface area contributed by atoms with E-state index in [-0.39, 0.29) is 24.0 Å². The lowest BCUT2D eigenvalue weighted by Gasteiger charge is -2.21. The van der Waals surface area contributed by atoms with Crippen molar-refractivity contribution < 1.29 is 18.3 Å². The molecule has 0 spiro atoms. The second-order valence-electron chi connectivity index (χ2n) is 4.74. The van der Waals surface area contributed by atoms with E-state index in [9.17, 15) is 13.2 Å². The van der Waals surface area contributed by atoms with E-state index in [0.717, 1.165) is 0 Å². The number of sulfonamides is 1. The van der Waals surface area contributed by atoms with Gasteiger partial charge >= 0.3 is 0 Å². The van der Waals surface area contributed by atoms with Gasteiger partial charge in [0.1, 0.15) is 0 Å². The highest BCUT2D eigenvalue weighted by Crippen LogP contribution is 2.23. The molecule has 0 fully saturated rings. The first-order chi connectivity index (χ1) is 9.82. The summed E-state index contributed by atoms with van der Waals surface area (Å²) in [4.78, 5) is 11.3. The Kier molecular flexibility index (Phi) is 6.32. The Morgan fingerprint density at radius 2 is 2.05 bits per heavy atom. The molecule has 2 N–H and O–H groups in total. The summed E-state index contributed by atoms with van der Waals surface area (Å²) in [5.41, 5.74) is 1.07. The number of hydrogen-bond acceptors (Lipinski definition) is 4. The molecule has 0 aliphatic heterocycles. The number of aryl methyl sites for hydroxylation is 1. The summed E-state index contributed by atoms with van der Waals surface area (Å²) in [6, 6.07) is 4.80. The van der Waals surface area contributed by atoms with E-state index in [1.165, 1.54) is 17.3 Å². The van der Waals surface area contributed by atoms with Crippen LogP contribution in [-0.4, -0.2) is 43.4 Å². The van der Waals surface area contributed by atoms with Gasteiger partial charge in [0.2, 0.25) is 15.9 Å². The van der Waals surface area contributed by atoms with Crippen LogP contribution in [-0.2, 0) is 14.8 Å². The van der Waals surface area contributed by atoms with Crippen molar-refractivity contribution in [1.29, 1.82) is 0 Å². The number of aliphatic hydroxyl groups is 1. The van der Waals surface area contributed by atoms with E-state index in [2.05, 4.69) is 5.32 Å². The van der Waals surface area contributed by atoms with Gasteiger partial charge in [-0.2, -0.15) is 4.31 Å². The maximum atomic E-state index is 12.7. The van der Waals surface area contributed by atoms with Crippen molar-refractivity contribution >= 4 is 21.6 Å². The van der Waals surface area contributed by atoms with Crippen LogP contribution >= 0.6 is 0 Å². The first-order valence-corrected chi connectivity index (χ1v) is 8.26. The minimum atomic E-state index is -3.64. The lowest BCUT2D eigenvalue weighted by atomic mass is 10.2. The number of nitrogens with one attached hydrogen (secondary N) is 1. The van der Waals surface area contributed by atoms with Gasteiger partial charge in [0.25, 0.3) is 0 Å². The molecule has 6 nitrogen and oxygen atoms in total. The lowest BCUT2D eigenvalue weighted by Crippen LogP contribution is -2.32. The molecule has 1 aromatic carbocycles. The Labute approximate surface area is 125 Å². The highest BCUT2D eigenvalue weighted by Gasteiger charge is 2.24. The van der Waals surface area contributed by atoms with Gasteiger partial charge < -0.3 is 10.4 Å². The summed E-state index contributed by atoms with van der Waals surface area (Å²) in [5, 5.41) is 11.5. The lowest BCUT2D eigenvalue weighted by molar-refractivity contribution is -0.114. The Hall–Kier alpha value is -1.44. The molecule has 118 valence electrons. The average Bonchev–Trinajstić information content (AvgIpc) is 2.41. The Morgan fingerprint density at radius 1 is 1.38 bits per heavy atom. The molecule has 0 unspecified atom stereocenters. The molecule has 21 heavy (non-hydrogen) atoms. The van der Waals surface area contributed by atoms with Gasteiger partial charge in [-0.1, -0.05) is 13.0 Å². The fourth-order valence-electron chi connectivity index (χ4n) is 1.99. The zero-order valence-corrected chi connectivity index (χ0v) is 13.4. The van der Waals surface area contributed by atoms with Gasteiger partial charge in [0.15, 0.2) is 0 Å². The molecule has 1 aromatic rings. The van der Waals surface area contributed by atoms with Crippen LogP contribution in [0.15, 0.2) is 23.1 Å². The first kappa shape index (κ1) is 17.6. The standard InChI is InChI=1S/C14H22N2O4S/c1-4-16(8-5-9-17)21(19,20)14-10-13(15-12(3)18)7-6-11(14)2/h6-7,10,17H,4-5,8-9H2,1-3H3,(H,15,18). The summed E-state index contributed by atoms with van der Waals surface area (Å²) in [6.45, 7) is 5.36. The number of benzene rings is 1. The second-order valence-corrected chi connectivity index (χ2v) is 6.64. The van der Waals surface area contributed by atoms with E-state index in [1.807, 2.05) is 0 Å². The molecule has 1 rings (SSSR count). The molecule has 0 radical (unpaired) electrons. The minimum Gasteiger partial charge on any atom is -0.396 e. The topological polar surface area (TPSA) is 86.7 Å². The largest absolute Gasteiger partial charge is 0.396 e. The molecule has 1 amide bonds. The summed E-state index contributed by atoms with van der Waals surface area (Å²) < 4.78 is 26.6. The van der Waals surface area contributed by atoms with Gasteiger partial charge in [-0.15, -0.1) is 0 Å². The van der Waals surface area contributed by atoms with Crippen molar-refractivity contribution in [1.82, 2.24) is 4.31 Å². The number of amides is 1. The second kappa shape index (κ2) is 7.53. The molecule has 0 aliphatic rings. The van der Waals surface area contributed by atoms with Gasteiger partial charge in [-0.25, -0.2) is 8.42 Å². The molecular weight excluding hydrogens is 292 g/mol. The van der Waals surface area contributed by atoms with E-state index in [4.69, 9.17) is 5.11 Å². The molecule has 0 atom stereocenters. The number of carbonyl (C=O) groups is 1. The van der Waals surface area contributed by atoms with Gasteiger partial charge in [0, 0.05) is 32.3 Å². The summed E-state index contributed by atoms with van der Waals surface area (Å²) in [6.07, 6.45) is 0.386. The first-order valence-electron chi connectivity index (χ1n) is 6.82. The molecule has 0 aromatic heterocycles. The van der Waals surface area contributed by atoms with Gasteiger partial charge in [-0.3, -0.25) is 4.79 Å². The summed E-state index contributed by atoms with van der Waals surface area (Å²) in [5.74, 6) is -0.255. The fraction of sp³-hybridized carbons (Fsp3) is 0.500. The van der Waals surface area contributed by atoms with E-state index >= 15 is 0 Å². The van der Waals surface area contributed by atoms with Crippen molar-refractivity contribution in [3.63, 3.8) is 0 Å². The maximum Gasteiger partial charge on any atom is 0.243 e. The van der Waals surface area contributed by atoms with E-state index in [1.54, 1.807) is 26.0 Å². The highest BCUT2D eigenvalue weighted by atomic mass is 32.2. The molecule has 0 aliphatic carbocycles. The van der Waals surface area contributed by atoms with Gasteiger partial charge in [0.05, 0.1) is 4.90 Å². The molecule has 7 heteroatoms. The van der Waals surface area contributed by atoms with Crippen LogP contribution in [0.25, 0.3) is 0 Å². The number of anilines is 1. The average molecular weight is 314 g/mol.